The van der Waals surface area contributed by atoms with Crippen LogP contribution in [-0.2, 0) is 11.3 Å². The highest BCUT2D eigenvalue weighted by molar-refractivity contribution is 5.94. The Morgan fingerprint density at radius 1 is 1.50 bits per heavy atom. The number of carbonyl (C=O) groups excluding carboxylic acids is 2. The predicted octanol–water partition coefficient (Wildman–Crippen LogP) is 1.51. The normalized spacial score (nSPS) is 18.3. The van der Waals surface area contributed by atoms with Crippen molar-refractivity contribution in [3.63, 3.8) is 0 Å². The van der Waals surface area contributed by atoms with Crippen LogP contribution in [0.5, 0.6) is 0 Å². The maximum Gasteiger partial charge on any atom is 0.257 e. The minimum Gasteiger partial charge on any atom is -0.467 e. The Labute approximate surface area is 131 Å². The van der Waals surface area contributed by atoms with Gasteiger partial charge in [-0.3, -0.25) is 9.59 Å². The van der Waals surface area contributed by atoms with E-state index in [9.17, 15) is 9.59 Å². The molecule has 1 atom stereocenters. The molecule has 2 rings (SSSR count). The van der Waals surface area contributed by atoms with E-state index in [1.54, 1.807) is 11.0 Å². The molecule has 22 heavy (non-hydrogen) atoms. The van der Waals surface area contributed by atoms with Crippen LogP contribution in [0.25, 0.3) is 0 Å². The van der Waals surface area contributed by atoms with Crippen molar-refractivity contribution in [3.8, 4) is 0 Å². The van der Waals surface area contributed by atoms with Gasteiger partial charge in [0.15, 0.2) is 0 Å². The van der Waals surface area contributed by atoms with Crippen LogP contribution in [0.3, 0.4) is 0 Å². The van der Waals surface area contributed by atoms with Crippen LogP contribution in [-0.4, -0.2) is 36.3 Å². The Morgan fingerprint density at radius 3 is 3.00 bits per heavy atom. The summed E-state index contributed by atoms with van der Waals surface area (Å²) in [6.45, 7) is 4.23. The van der Waals surface area contributed by atoms with E-state index in [0.717, 1.165) is 25.7 Å². The van der Waals surface area contributed by atoms with Crippen molar-refractivity contribution in [2.45, 2.75) is 39.2 Å². The van der Waals surface area contributed by atoms with Gasteiger partial charge in [0, 0.05) is 19.6 Å². The lowest BCUT2D eigenvalue weighted by Crippen LogP contribution is -2.45. The molecule has 0 saturated carbocycles. The summed E-state index contributed by atoms with van der Waals surface area (Å²) < 4.78 is 5.21. The zero-order valence-electron chi connectivity index (χ0n) is 13.1. The molecule has 1 unspecified atom stereocenters. The van der Waals surface area contributed by atoms with Gasteiger partial charge in [-0.1, -0.05) is 13.3 Å². The van der Waals surface area contributed by atoms with Crippen molar-refractivity contribution < 1.29 is 14.0 Å². The first-order valence-electron chi connectivity index (χ1n) is 8.00. The predicted molar refractivity (Wildman–Crippen MR) is 83.1 cm³/mol. The second-order valence-corrected chi connectivity index (χ2v) is 5.74. The number of likely N-dealkylation sites (tertiary alicyclic amines) is 1. The van der Waals surface area contributed by atoms with Gasteiger partial charge >= 0.3 is 0 Å². The fourth-order valence-corrected chi connectivity index (χ4v) is 2.69. The highest BCUT2D eigenvalue weighted by Gasteiger charge is 2.29. The van der Waals surface area contributed by atoms with Crippen LogP contribution >= 0.6 is 0 Å². The van der Waals surface area contributed by atoms with Crippen LogP contribution in [0.4, 0.5) is 0 Å². The number of nitrogens with one attached hydrogen (secondary N) is 1. The first-order chi connectivity index (χ1) is 10.7. The van der Waals surface area contributed by atoms with Crippen LogP contribution in [0.1, 0.15) is 48.7 Å². The Kier molecular flexibility index (Phi) is 6.00. The van der Waals surface area contributed by atoms with Gasteiger partial charge in [0.05, 0.1) is 18.0 Å². The fraction of sp³-hybridized carbons (Fsp3) is 0.625. The number of hydrogen-bond donors (Lipinski definition) is 2. The molecule has 0 aromatic carbocycles. The van der Waals surface area contributed by atoms with Gasteiger partial charge in [-0.25, -0.2) is 0 Å². The van der Waals surface area contributed by atoms with Crippen molar-refractivity contribution in [2.75, 3.05) is 19.6 Å². The molecule has 6 heteroatoms. The molecule has 3 N–H and O–H groups in total. The summed E-state index contributed by atoms with van der Waals surface area (Å²) in [4.78, 5) is 26.3. The molecule has 0 bridgehead atoms. The van der Waals surface area contributed by atoms with Crippen LogP contribution in [0.2, 0.25) is 0 Å². The van der Waals surface area contributed by atoms with Gasteiger partial charge in [0.2, 0.25) is 5.91 Å². The van der Waals surface area contributed by atoms with Crippen molar-refractivity contribution in [1.82, 2.24) is 10.2 Å². The second-order valence-electron chi connectivity index (χ2n) is 5.74. The maximum atomic E-state index is 12.5. The second kappa shape index (κ2) is 7.98. The largest absolute Gasteiger partial charge is 0.467 e. The summed E-state index contributed by atoms with van der Waals surface area (Å²) in [7, 11) is 0. The van der Waals surface area contributed by atoms with Crippen molar-refractivity contribution >= 4 is 11.8 Å². The van der Waals surface area contributed by atoms with E-state index in [-0.39, 0.29) is 24.3 Å². The van der Waals surface area contributed by atoms with Gasteiger partial charge in [0.25, 0.3) is 5.91 Å². The highest BCUT2D eigenvalue weighted by Crippen LogP contribution is 2.20. The third-order valence-electron chi connectivity index (χ3n) is 4.01. The zero-order valence-corrected chi connectivity index (χ0v) is 13.1. The Balaban J connectivity index is 1.92. The lowest BCUT2D eigenvalue weighted by molar-refractivity contribution is -0.126. The number of nitrogens with two attached hydrogens (primary N) is 1. The minimum absolute atomic E-state index is 0.0563. The standard InChI is InChI=1S/C16H25N3O3/c1-2-3-6-18-15(20)12-5-4-7-19(10-12)16(21)13-8-14(9-17)22-11-13/h8,11-12H,2-7,9-10,17H2,1H3,(H,18,20). The minimum atomic E-state index is -0.115. The molecule has 1 aromatic rings. The van der Waals surface area contributed by atoms with E-state index in [1.165, 1.54) is 6.26 Å². The van der Waals surface area contributed by atoms with Crippen LogP contribution in [0.15, 0.2) is 16.7 Å². The van der Waals surface area contributed by atoms with Gasteiger partial charge in [-0.2, -0.15) is 0 Å². The molecule has 1 fully saturated rings. The fourth-order valence-electron chi connectivity index (χ4n) is 2.69. The molecule has 1 aliphatic rings. The number of rotatable bonds is 6. The summed E-state index contributed by atoms with van der Waals surface area (Å²) >= 11 is 0. The maximum absolute atomic E-state index is 12.5. The number of piperidine rings is 1. The molecule has 1 aliphatic heterocycles. The molecule has 0 radical (unpaired) electrons. The number of nitrogens with zero attached hydrogens (tertiary/aromatic N) is 1. The van der Waals surface area contributed by atoms with Crippen molar-refractivity contribution in [1.29, 1.82) is 0 Å². The summed E-state index contributed by atoms with van der Waals surface area (Å²) in [5.41, 5.74) is 6.00. The highest BCUT2D eigenvalue weighted by atomic mass is 16.3. The lowest BCUT2D eigenvalue weighted by Gasteiger charge is -2.31. The van der Waals surface area contributed by atoms with Crippen LogP contribution in [0, 0.1) is 5.92 Å². The molecule has 1 saturated heterocycles. The molecule has 0 spiro atoms. The molecule has 6 nitrogen and oxygen atoms in total. The van der Waals surface area contributed by atoms with E-state index in [0.29, 0.717) is 31.0 Å². The first kappa shape index (κ1) is 16.5. The van der Waals surface area contributed by atoms with Crippen molar-refractivity contribution in [2.24, 2.45) is 11.7 Å². The van der Waals surface area contributed by atoms with E-state index >= 15 is 0 Å². The summed E-state index contributed by atoms with van der Waals surface area (Å²) in [6.07, 6.45) is 5.16. The zero-order chi connectivity index (χ0) is 15.9. The quantitative estimate of drug-likeness (QED) is 0.780. The van der Waals surface area contributed by atoms with Gasteiger partial charge in [-0.15, -0.1) is 0 Å². The molecule has 2 heterocycles. The average Bonchev–Trinajstić information content (AvgIpc) is 3.03. The third-order valence-corrected chi connectivity index (χ3v) is 4.01. The monoisotopic (exact) mass is 307 g/mol. The molecular weight excluding hydrogens is 282 g/mol. The van der Waals surface area contributed by atoms with E-state index in [4.69, 9.17) is 10.2 Å². The summed E-state index contributed by atoms with van der Waals surface area (Å²) in [5.74, 6) is 0.444. The molecular formula is C16H25N3O3. The van der Waals surface area contributed by atoms with E-state index in [2.05, 4.69) is 12.2 Å². The Hall–Kier alpha value is -1.82. The number of hydrogen-bond acceptors (Lipinski definition) is 4. The molecule has 122 valence electrons. The average molecular weight is 307 g/mol. The smallest absolute Gasteiger partial charge is 0.257 e. The molecule has 0 aliphatic carbocycles. The Morgan fingerprint density at radius 2 is 2.32 bits per heavy atom. The lowest BCUT2D eigenvalue weighted by atomic mass is 9.96. The van der Waals surface area contributed by atoms with E-state index in [1.807, 2.05) is 0 Å². The third kappa shape index (κ3) is 4.10. The SMILES string of the molecule is CCCCNC(=O)C1CCCN(C(=O)c2coc(CN)c2)C1. The first-order valence-corrected chi connectivity index (χ1v) is 8.00. The van der Waals surface area contributed by atoms with Crippen molar-refractivity contribution in [3.05, 3.63) is 23.7 Å². The number of furan rings is 1. The number of carbonyl (C=O) groups is 2. The summed E-state index contributed by atoms with van der Waals surface area (Å²) in [5, 5.41) is 2.95. The molecule has 2 amide bonds. The van der Waals surface area contributed by atoms with Gasteiger partial charge in [-0.05, 0) is 25.3 Å². The molecule has 1 aromatic heterocycles. The number of amides is 2. The summed E-state index contributed by atoms with van der Waals surface area (Å²) in [6, 6.07) is 1.67. The van der Waals surface area contributed by atoms with Gasteiger partial charge in [0.1, 0.15) is 12.0 Å². The Bertz CT molecular complexity index is 512. The topological polar surface area (TPSA) is 88.6 Å². The van der Waals surface area contributed by atoms with Gasteiger partial charge < -0.3 is 20.4 Å². The van der Waals surface area contributed by atoms with Crippen LogP contribution < -0.4 is 11.1 Å². The number of unbranched alkanes of at least 4 members (excludes halogenated alkanes) is 1. The van der Waals surface area contributed by atoms with E-state index < -0.39 is 0 Å².